The molecule has 0 aliphatic heterocycles. The Bertz CT molecular complexity index is 589. The minimum absolute atomic E-state index is 0.124. The van der Waals surface area contributed by atoms with Crippen LogP contribution in [-0.4, -0.2) is 17.9 Å². The molecule has 0 aliphatic carbocycles. The highest BCUT2D eigenvalue weighted by molar-refractivity contribution is 7.86. The van der Waals surface area contributed by atoms with Crippen molar-refractivity contribution in [2.45, 2.75) is 4.90 Å². The third-order valence-corrected chi connectivity index (χ3v) is 2.48. The molecule has 0 fully saturated rings. The molecule has 0 unspecified atom stereocenters. The summed E-state index contributed by atoms with van der Waals surface area (Å²) in [4.78, 5) is 11.1. The Kier molecular flexibility index (Phi) is 3.09. The van der Waals surface area contributed by atoms with Crippen LogP contribution >= 0.6 is 0 Å². The van der Waals surface area contributed by atoms with E-state index in [-0.39, 0.29) is 5.69 Å². The van der Waals surface area contributed by atoms with E-state index < -0.39 is 25.6 Å². The zero-order valence-corrected chi connectivity index (χ0v) is 8.33. The first-order valence-corrected chi connectivity index (χ1v) is 5.11. The van der Waals surface area contributed by atoms with Crippen molar-refractivity contribution in [3.63, 3.8) is 0 Å². The molecule has 0 bridgehead atoms. The Balaban J connectivity index is 3.54. The fraction of sp³-hybridized carbons (Fsp3) is 0. The number of azide groups is 1. The highest BCUT2D eigenvalue weighted by atomic mass is 32.2. The minimum Gasteiger partial charge on any atom is -0.282 e. The molecule has 0 heterocycles. The maximum Gasteiger partial charge on any atom is 0.301 e. The van der Waals surface area contributed by atoms with Crippen molar-refractivity contribution in [2.75, 3.05) is 0 Å². The first-order valence-electron chi connectivity index (χ1n) is 3.67. The van der Waals surface area contributed by atoms with E-state index in [2.05, 4.69) is 10.0 Å². The van der Waals surface area contributed by atoms with Gasteiger partial charge in [0.15, 0.2) is 4.90 Å². The van der Waals surface area contributed by atoms with Gasteiger partial charge in [-0.25, -0.2) is 0 Å². The maximum absolute atomic E-state index is 10.8. The molecule has 0 saturated heterocycles. The fourth-order valence-electron chi connectivity index (χ4n) is 0.980. The molecule has 1 rings (SSSR count). The molecule has 1 N–H and O–H groups in total. The third kappa shape index (κ3) is 2.45. The van der Waals surface area contributed by atoms with Crippen molar-refractivity contribution < 1.29 is 17.9 Å². The summed E-state index contributed by atoms with van der Waals surface area (Å²) in [5, 5.41) is 13.6. The van der Waals surface area contributed by atoms with Gasteiger partial charge in [-0.3, -0.25) is 14.7 Å². The molecule has 16 heavy (non-hydrogen) atoms. The van der Waals surface area contributed by atoms with Crippen molar-refractivity contribution in [1.29, 1.82) is 0 Å². The average molecular weight is 244 g/mol. The number of hydrogen-bond donors (Lipinski definition) is 1. The van der Waals surface area contributed by atoms with Crippen LogP contribution in [0.15, 0.2) is 28.2 Å². The van der Waals surface area contributed by atoms with E-state index in [1.54, 1.807) is 0 Å². The topological polar surface area (TPSA) is 146 Å². The number of nitrogens with zero attached hydrogens (tertiary/aromatic N) is 4. The standard InChI is InChI=1S/C6H4N4O5S/c7-9-8-4-1-2-6(16(13,14)15)5(3-4)10(11)12/h1-3H,(H,13,14,15). The van der Waals surface area contributed by atoms with E-state index in [0.717, 1.165) is 18.2 Å². The SMILES string of the molecule is [N-]=[N+]=Nc1ccc(S(=O)(=O)O)c([N+](=O)[O-])c1. The number of rotatable bonds is 3. The molecule has 0 atom stereocenters. The number of nitro groups is 1. The van der Waals surface area contributed by atoms with Gasteiger partial charge in [-0.15, -0.1) is 0 Å². The average Bonchev–Trinajstić information content (AvgIpc) is 2.16. The number of benzene rings is 1. The van der Waals surface area contributed by atoms with E-state index in [1.807, 2.05) is 0 Å². The summed E-state index contributed by atoms with van der Waals surface area (Å²) in [5.74, 6) is 0. The molecule has 1 aromatic carbocycles. The van der Waals surface area contributed by atoms with Crippen molar-refractivity contribution in [1.82, 2.24) is 0 Å². The zero-order chi connectivity index (χ0) is 12.3. The molecular formula is C6H4N4O5S. The van der Waals surface area contributed by atoms with E-state index in [1.165, 1.54) is 0 Å². The monoisotopic (exact) mass is 244 g/mol. The molecule has 0 saturated carbocycles. The van der Waals surface area contributed by atoms with Crippen molar-refractivity contribution in [3.05, 3.63) is 38.8 Å². The molecule has 0 amide bonds. The summed E-state index contributed by atoms with van der Waals surface area (Å²) < 4.78 is 30.3. The molecule has 1 aromatic rings. The van der Waals surface area contributed by atoms with E-state index in [9.17, 15) is 18.5 Å². The molecule has 84 valence electrons. The van der Waals surface area contributed by atoms with Crippen LogP contribution in [0.25, 0.3) is 10.4 Å². The predicted molar refractivity (Wildman–Crippen MR) is 51.7 cm³/mol. The van der Waals surface area contributed by atoms with Gasteiger partial charge in [-0.1, -0.05) is 11.2 Å². The highest BCUT2D eigenvalue weighted by Gasteiger charge is 2.23. The van der Waals surface area contributed by atoms with Gasteiger partial charge in [-0.05, 0) is 11.6 Å². The van der Waals surface area contributed by atoms with E-state index in [0.29, 0.717) is 0 Å². The predicted octanol–water partition coefficient (Wildman–Crippen LogP) is 1.78. The summed E-state index contributed by atoms with van der Waals surface area (Å²) in [6.45, 7) is 0. The Hall–Kier alpha value is -2.16. The number of nitro benzene ring substituents is 1. The van der Waals surface area contributed by atoms with Gasteiger partial charge < -0.3 is 0 Å². The molecule has 10 heteroatoms. The fourth-order valence-corrected chi connectivity index (χ4v) is 1.62. The van der Waals surface area contributed by atoms with Crippen LogP contribution in [-0.2, 0) is 10.1 Å². The minimum atomic E-state index is -4.69. The van der Waals surface area contributed by atoms with Crippen LogP contribution < -0.4 is 0 Å². The largest absolute Gasteiger partial charge is 0.301 e. The Morgan fingerprint density at radius 2 is 2.12 bits per heavy atom. The lowest BCUT2D eigenvalue weighted by molar-refractivity contribution is -0.387. The summed E-state index contributed by atoms with van der Waals surface area (Å²) >= 11 is 0. The smallest absolute Gasteiger partial charge is 0.282 e. The molecule has 0 aliphatic rings. The molecule has 0 radical (unpaired) electrons. The highest BCUT2D eigenvalue weighted by Crippen LogP contribution is 2.28. The Morgan fingerprint density at radius 3 is 2.56 bits per heavy atom. The van der Waals surface area contributed by atoms with Crippen LogP contribution in [0, 0.1) is 10.1 Å². The second-order valence-electron chi connectivity index (χ2n) is 2.57. The van der Waals surface area contributed by atoms with Gasteiger partial charge in [0.25, 0.3) is 5.69 Å². The van der Waals surface area contributed by atoms with Crippen LogP contribution in [0.1, 0.15) is 0 Å². The Morgan fingerprint density at radius 1 is 1.50 bits per heavy atom. The van der Waals surface area contributed by atoms with Gasteiger partial charge >= 0.3 is 10.1 Å². The maximum atomic E-state index is 10.8. The molecule has 0 spiro atoms. The normalized spacial score (nSPS) is 10.6. The summed E-state index contributed by atoms with van der Waals surface area (Å²) in [6, 6.07) is 2.58. The van der Waals surface area contributed by atoms with E-state index in [4.69, 9.17) is 10.1 Å². The second-order valence-corrected chi connectivity index (χ2v) is 3.96. The van der Waals surface area contributed by atoms with Crippen molar-refractivity contribution in [3.8, 4) is 0 Å². The summed E-state index contributed by atoms with van der Waals surface area (Å²) in [5.41, 5.74) is 7.12. The lowest BCUT2D eigenvalue weighted by Gasteiger charge is -1.99. The second kappa shape index (κ2) is 4.14. The van der Waals surface area contributed by atoms with Crippen LogP contribution in [0.2, 0.25) is 0 Å². The third-order valence-electron chi connectivity index (χ3n) is 1.58. The zero-order valence-electron chi connectivity index (χ0n) is 7.51. The lowest BCUT2D eigenvalue weighted by atomic mass is 10.3. The quantitative estimate of drug-likeness (QED) is 0.215. The van der Waals surface area contributed by atoms with E-state index >= 15 is 0 Å². The first-order chi connectivity index (χ1) is 7.36. The van der Waals surface area contributed by atoms with Gasteiger partial charge in [0.05, 0.1) is 4.92 Å². The van der Waals surface area contributed by atoms with Crippen LogP contribution in [0.3, 0.4) is 0 Å². The Labute approximate surface area is 88.8 Å². The summed E-state index contributed by atoms with van der Waals surface area (Å²) in [6.07, 6.45) is 0. The van der Waals surface area contributed by atoms with Crippen LogP contribution in [0.4, 0.5) is 11.4 Å². The molecule has 9 nitrogen and oxygen atoms in total. The first kappa shape index (κ1) is 11.9. The van der Waals surface area contributed by atoms with Gasteiger partial charge in [0.2, 0.25) is 0 Å². The van der Waals surface area contributed by atoms with Gasteiger partial charge in [0.1, 0.15) is 0 Å². The van der Waals surface area contributed by atoms with Gasteiger partial charge in [-0.2, -0.15) is 8.42 Å². The summed E-state index contributed by atoms with van der Waals surface area (Å²) in [7, 11) is -4.69. The molecule has 0 aromatic heterocycles. The van der Waals surface area contributed by atoms with Gasteiger partial charge in [0, 0.05) is 16.7 Å². The lowest BCUT2D eigenvalue weighted by Crippen LogP contribution is -2.02. The van der Waals surface area contributed by atoms with Crippen molar-refractivity contribution in [2.24, 2.45) is 5.11 Å². The van der Waals surface area contributed by atoms with Crippen LogP contribution in [0.5, 0.6) is 0 Å². The molecular weight excluding hydrogens is 240 g/mol. The number of hydrogen-bond acceptors (Lipinski definition) is 5. The van der Waals surface area contributed by atoms with Crippen molar-refractivity contribution >= 4 is 21.5 Å².